The number of amides is 2. The van der Waals surface area contributed by atoms with E-state index in [-0.39, 0.29) is 22.8 Å². The van der Waals surface area contributed by atoms with E-state index in [0.29, 0.717) is 25.4 Å². The third-order valence-corrected chi connectivity index (χ3v) is 5.05. The number of halogens is 1. The van der Waals surface area contributed by atoms with E-state index in [1.54, 1.807) is 4.90 Å². The van der Waals surface area contributed by atoms with Gasteiger partial charge in [0.05, 0.1) is 11.8 Å². The summed E-state index contributed by atoms with van der Waals surface area (Å²) in [4.78, 5) is 32.2. The standard InChI is InChI=1S/C18H24FN3O2/c1-13(2)11-22-12-18(8-16(22)23)3-5-21(6-4-18)17(24)14-7-15(19)10-20-9-14/h7,9-10,13H,3-6,8,11-12H2,1-2H3. The maximum Gasteiger partial charge on any atom is 0.255 e. The topological polar surface area (TPSA) is 53.5 Å². The zero-order valence-corrected chi connectivity index (χ0v) is 14.3. The van der Waals surface area contributed by atoms with E-state index in [4.69, 9.17) is 0 Å². The number of nitrogens with zero attached hydrogens (tertiary/aromatic N) is 3. The predicted molar refractivity (Wildman–Crippen MR) is 87.8 cm³/mol. The molecule has 0 radical (unpaired) electrons. The summed E-state index contributed by atoms with van der Waals surface area (Å²) in [5.41, 5.74) is 0.290. The fourth-order valence-electron chi connectivity index (χ4n) is 3.82. The van der Waals surface area contributed by atoms with Crippen LogP contribution in [-0.4, -0.2) is 52.8 Å². The van der Waals surface area contributed by atoms with E-state index in [2.05, 4.69) is 18.8 Å². The molecule has 2 aliphatic rings. The van der Waals surface area contributed by atoms with Gasteiger partial charge in [-0.1, -0.05) is 13.8 Å². The molecule has 0 saturated carbocycles. The third-order valence-electron chi connectivity index (χ3n) is 5.05. The molecule has 3 rings (SSSR count). The van der Waals surface area contributed by atoms with Crippen LogP contribution >= 0.6 is 0 Å². The second-order valence-electron chi connectivity index (χ2n) is 7.53. The molecule has 0 aliphatic carbocycles. The van der Waals surface area contributed by atoms with Crippen molar-refractivity contribution < 1.29 is 14.0 Å². The lowest BCUT2D eigenvalue weighted by Crippen LogP contribution is -2.44. The molecule has 2 amide bonds. The molecule has 0 N–H and O–H groups in total. The first-order valence-electron chi connectivity index (χ1n) is 8.56. The van der Waals surface area contributed by atoms with Gasteiger partial charge in [-0.2, -0.15) is 0 Å². The summed E-state index contributed by atoms with van der Waals surface area (Å²) in [5, 5.41) is 0. The smallest absolute Gasteiger partial charge is 0.255 e. The SMILES string of the molecule is CC(C)CN1CC2(CCN(C(=O)c3cncc(F)c3)CC2)CC1=O. The van der Waals surface area contributed by atoms with Crippen LogP contribution in [-0.2, 0) is 4.79 Å². The normalized spacial score (nSPS) is 20.2. The van der Waals surface area contributed by atoms with Gasteiger partial charge in [0.25, 0.3) is 5.91 Å². The molecular formula is C18H24FN3O2. The number of hydrogen-bond donors (Lipinski definition) is 0. The summed E-state index contributed by atoms with van der Waals surface area (Å²) in [6.45, 7) is 7.06. The summed E-state index contributed by atoms with van der Waals surface area (Å²) in [5.74, 6) is 0.0179. The van der Waals surface area contributed by atoms with Gasteiger partial charge in [-0.3, -0.25) is 14.6 Å². The number of hydrogen-bond acceptors (Lipinski definition) is 3. The highest BCUT2D eigenvalue weighted by Crippen LogP contribution is 2.41. The Kier molecular flexibility index (Phi) is 4.56. The van der Waals surface area contributed by atoms with Crippen molar-refractivity contribution in [3.8, 4) is 0 Å². The Balaban J connectivity index is 1.62. The number of rotatable bonds is 3. The molecule has 0 aromatic carbocycles. The van der Waals surface area contributed by atoms with Gasteiger partial charge in [0.2, 0.25) is 5.91 Å². The molecule has 2 aliphatic heterocycles. The fourth-order valence-corrected chi connectivity index (χ4v) is 3.82. The molecule has 6 heteroatoms. The average Bonchev–Trinajstić information content (AvgIpc) is 2.82. The Labute approximate surface area is 141 Å². The number of aromatic nitrogens is 1. The van der Waals surface area contributed by atoms with Crippen LogP contribution in [0, 0.1) is 17.2 Å². The molecule has 2 fully saturated rings. The highest BCUT2D eigenvalue weighted by Gasteiger charge is 2.45. The molecule has 1 aromatic rings. The molecule has 0 atom stereocenters. The van der Waals surface area contributed by atoms with Gasteiger partial charge in [-0.15, -0.1) is 0 Å². The van der Waals surface area contributed by atoms with Crippen molar-refractivity contribution >= 4 is 11.8 Å². The average molecular weight is 333 g/mol. The molecule has 1 spiro atoms. The minimum atomic E-state index is -0.500. The van der Waals surface area contributed by atoms with Crippen molar-refractivity contribution in [2.75, 3.05) is 26.2 Å². The van der Waals surface area contributed by atoms with Crippen molar-refractivity contribution in [3.05, 3.63) is 29.8 Å². The summed E-state index contributed by atoms with van der Waals surface area (Å²) < 4.78 is 13.2. The lowest BCUT2D eigenvalue weighted by Gasteiger charge is -2.39. The van der Waals surface area contributed by atoms with Gasteiger partial charge in [0, 0.05) is 44.2 Å². The maximum absolute atomic E-state index is 13.2. The van der Waals surface area contributed by atoms with E-state index < -0.39 is 5.82 Å². The highest BCUT2D eigenvalue weighted by molar-refractivity contribution is 5.94. The summed E-state index contributed by atoms with van der Waals surface area (Å²) in [6.07, 6.45) is 4.72. The van der Waals surface area contributed by atoms with E-state index in [9.17, 15) is 14.0 Å². The van der Waals surface area contributed by atoms with Gasteiger partial charge in [0.15, 0.2) is 0 Å². The van der Waals surface area contributed by atoms with Crippen LogP contribution in [0.3, 0.4) is 0 Å². The molecule has 5 nitrogen and oxygen atoms in total. The molecule has 2 saturated heterocycles. The molecule has 0 unspecified atom stereocenters. The molecular weight excluding hydrogens is 309 g/mol. The van der Waals surface area contributed by atoms with Gasteiger partial charge in [0.1, 0.15) is 5.82 Å². The van der Waals surface area contributed by atoms with Crippen molar-refractivity contribution in [2.24, 2.45) is 11.3 Å². The first-order chi connectivity index (χ1) is 11.4. The van der Waals surface area contributed by atoms with Crippen molar-refractivity contribution in [2.45, 2.75) is 33.1 Å². The van der Waals surface area contributed by atoms with Crippen LogP contribution in [0.5, 0.6) is 0 Å². The number of pyridine rings is 1. The van der Waals surface area contributed by atoms with Gasteiger partial charge < -0.3 is 9.80 Å². The minimum absolute atomic E-state index is 0.00292. The fraction of sp³-hybridized carbons (Fsp3) is 0.611. The van der Waals surface area contributed by atoms with E-state index in [1.165, 1.54) is 12.3 Å². The lowest BCUT2D eigenvalue weighted by atomic mass is 9.77. The van der Waals surface area contributed by atoms with Crippen LogP contribution in [0.15, 0.2) is 18.5 Å². The number of piperidine rings is 1. The third kappa shape index (κ3) is 3.42. The molecule has 1 aromatic heterocycles. The summed E-state index contributed by atoms with van der Waals surface area (Å²) in [7, 11) is 0. The zero-order chi connectivity index (χ0) is 17.3. The minimum Gasteiger partial charge on any atom is -0.342 e. The second kappa shape index (κ2) is 6.49. The van der Waals surface area contributed by atoms with Gasteiger partial charge in [-0.05, 0) is 24.8 Å². The van der Waals surface area contributed by atoms with Gasteiger partial charge in [-0.25, -0.2) is 4.39 Å². The summed E-state index contributed by atoms with van der Waals surface area (Å²) >= 11 is 0. The van der Waals surface area contributed by atoms with E-state index >= 15 is 0 Å². The quantitative estimate of drug-likeness (QED) is 0.853. The first kappa shape index (κ1) is 16.9. The van der Waals surface area contributed by atoms with Crippen LogP contribution in [0.1, 0.15) is 43.5 Å². The second-order valence-corrected chi connectivity index (χ2v) is 7.53. The highest BCUT2D eigenvalue weighted by atomic mass is 19.1. The van der Waals surface area contributed by atoms with Crippen LogP contribution in [0.4, 0.5) is 4.39 Å². The first-order valence-corrected chi connectivity index (χ1v) is 8.56. The molecule has 0 bridgehead atoms. The Morgan fingerprint density at radius 3 is 2.67 bits per heavy atom. The lowest BCUT2D eigenvalue weighted by molar-refractivity contribution is -0.128. The monoisotopic (exact) mass is 333 g/mol. The Bertz CT molecular complexity index is 639. The number of carbonyl (C=O) groups is 2. The zero-order valence-electron chi connectivity index (χ0n) is 14.3. The van der Waals surface area contributed by atoms with Crippen LogP contribution in [0.25, 0.3) is 0 Å². The van der Waals surface area contributed by atoms with E-state index in [0.717, 1.165) is 32.1 Å². The van der Waals surface area contributed by atoms with E-state index in [1.807, 2.05) is 4.90 Å². The molecule has 24 heavy (non-hydrogen) atoms. The largest absolute Gasteiger partial charge is 0.342 e. The van der Waals surface area contributed by atoms with Crippen molar-refractivity contribution in [1.29, 1.82) is 0 Å². The van der Waals surface area contributed by atoms with Crippen LogP contribution in [0.2, 0.25) is 0 Å². The molecule has 3 heterocycles. The molecule has 130 valence electrons. The number of carbonyl (C=O) groups excluding carboxylic acids is 2. The Hall–Kier alpha value is -1.98. The predicted octanol–water partition coefficient (Wildman–Crippen LogP) is 2.33. The van der Waals surface area contributed by atoms with Crippen molar-refractivity contribution in [3.63, 3.8) is 0 Å². The Morgan fingerprint density at radius 2 is 2.04 bits per heavy atom. The van der Waals surface area contributed by atoms with Crippen molar-refractivity contribution in [1.82, 2.24) is 14.8 Å². The van der Waals surface area contributed by atoms with Crippen LogP contribution < -0.4 is 0 Å². The Morgan fingerprint density at radius 1 is 1.33 bits per heavy atom. The van der Waals surface area contributed by atoms with Gasteiger partial charge >= 0.3 is 0 Å². The number of likely N-dealkylation sites (tertiary alicyclic amines) is 2. The maximum atomic E-state index is 13.2. The summed E-state index contributed by atoms with van der Waals surface area (Å²) in [6, 6.07) is 1.23.